The number of ether oxygens (including phenoxy) is 2. The molecule has 0 aliphatic carbocycles. The number of aromatic amines is 2. The zero-order chi connectivity index (χ0) is 22.4. The number of nitro groups is 1. The highest BCUT2D eigenvalue weighted by Gasteiger charge is 2.19. The molecule has 0 aliphatic rings. The van der Waals surface area contributed by atoms with Crippen LogP contribution in [-0.4, -0.2) is 21.5 Å². The molecule has 0 bridgehead atoms. The lowest BCUT2D eigenvalue weighted by Crippen LogP contribution is -2.25. The first kappa shape index (κ1) is 22.0. The van der Waals surface area contributed by atoms with E-state index < -0.39 is 21.9 Å². The summed E-state index contributed by atoms with van der Waals surface area (Å²) < 4.78 is 12.2. The van der Waals surface area contributed by atoms with Crippen molar-refractivity contribution in [3.8, 4) is 11.5 Å². The second-order valence-corrected chi connectivity index (χ2v) is 7.15. The highest BCUT2D eigenvalue weighted by Crippen LogP contribution is 2.38. The average Bonchev–Trinajstić information content (AvgIpc) is 2.72. The number of benzene rings is 2. The molecule has 0 atom stereocenters. The Kier molecular flexibility index (Phi) is 7.03. The molecular formula is C21H18BrN3O6. The lowest BCUT2D eigenvalue weighted by Gasteiger charge is -2.15. The molecule has 3 rings (SSSR count). The molecule has 1 heterocycles. The molecule has 0 fully saturated rings. The number of halogens is 1. The number of nitrogens with one attached hydrogen (secondary N) is 2. The number of rotatable bonds is 8. The second kappa shape index (κ2) is 9.90. The maximum Gasteiger partial charge on any atom is 0.357 e. The molecule has 2 aromatic carbocycles. The van der Waals surface area contributed by atoms with Crippen LogP contribution in [0.25, 0.3) is 12.2 Å². The minimum absolute atomic E-state index is 0.211. The lowest BCUT2D eigenvalue weighted by atomic mass is 10.1. The monoisotopic (exact) mass is 487 g/mol. The summed E-state index contributed by atoms with van der Waals surface area (Å²) in [5.74, 6) is 0.986. The van der Waals surface area contributed by atoms with E-state index in [9.17, 15) is 19.7 Å². The topological polar surface area (TPSA) is 127 Å². The molecule has 2 N–H and O–H groups in total. The van der Waals surface area contributed by atoms with Crippen molar-refractivity contribution in [2.45, 2.75) is 13.5 Å². The van der Waals surface area contributed by atoms with Gasteiger partial charge < -0.3 is 14.5 Å². The van der Waals surface area contributed by atoms with Gasteiger partial charge in [0.2, 0.25) is 0 Å². The number of hydrogen-bond acceptors (Lipinski definition) is 6. The Morgan fingerprint density at radius 3 is 2.52 bits per heavy atom. The zero-order valence-electron chi connectivity index (χ0n) is 16.4. The molecule has 31 heavy (non-hydrogen) atoms. The van der Waals surface area contributed by atoms with Gasteiger partial charge in [0, 0.05) is 0 Å². The third-order valence-electron chi connectivity index (χ3n) is 4.13. The highest BCUT2D eigenvalue weighted by molar-refractivity contribution is 9.10. The fourth-order valence-corrected chi connectivity index (χ4v) is 3.37. The molecule has 1 aromatic heterocycles. The quantitative estimate of drug-likeness (QED) is 0.366. The van der Waals surface area contributed by atoms with Crippen molar-refractivity contribution in [3.05, 3.63) is 94.7 Å². The summed E-state index contributed by atoms with van der Waals surface area (Å²) >= 11 is 3.47. The van der Waals surface area contributed by atoms with Gasteiger partial charge in [-0.15, -0.1) is 0 Å². The van der Waals surface area contributed by atoms with Gasteiger partial charge in [-0.1, -0.05) is 36.4 Å². The first-order chi connectivity index (χ1) is 14.9. The van der Waals surface area contributed by atoms with E-state index in [1.165, 1.54) is 12.2 Å². The smallest absolute Gasteiger partial charge is 0.357 e. The van der Waals surface area contributed by atoms with E-state index in [1.54, 1.807) is 12.1 Å². The Morgan fingerprint density at radius 1 is 1.10 bits per heavy atom. The van der Waals surface area contributed by atoms with Crippen LogP contribution in [0, 0.1) is 10.1 Å². The van der Waals surface area contributed by atoms with Gasteiger partial charge in [-0.25, -0.2) is 4.79 Å². The summed E-state index contributed by atoms with van der Waals surface area (Å²) in [7, 11) is 0. The summed E-state index contributed by atoms with van der Waals surface area (Å²) in [5.41, 5.74) is -1.27. The summed E-state index contributed by atoms with van der Waals surface area (Å²) in [6.07, 6.45) is 2.81. The predicted octanol–water partition coefficient (Wildman–Crippen LogP) is 3.88. The van der Waals surface area contributed by atoms with Crippen molar-refractivity contribution < 1.29 is 14.4 Å². The van der Waals surface area contributed by atoms with Gasteiger partial charge in [0.1, 0.15) is 12.3 Å². The second-order valence-electron chi connectivity index (χ2n) is 6.30. The van der Waals surface area contributed by atoms with E-state index in [0.717, 1.165) is 5.56 Å². The third-order valence-corrected chi connectivity index (χ3v) is 4.72. The van der Waals surface area contributed by atoms with Crippen molar-refractivity contribution >= 4 is 33.8 Å². The lowest BCUT2D eigenvalue weighted by molar-refractivity contribution is -0.386. The standard InChI is InChI=1S/C21H18BrN3O6/c1-2-30-17-11-14(8-9-16-18(25(28)29)20(26)24-21(27)23-16)10-15(22)19(17)31-12-13-6-4-3-5-7-13/h3-11H,2,12H2,1H3,(H2,23,24,26,27)/b9-8-. The molecule has 0 spiro atoms. The summed E-state index contributed by atoms with van der Waals surface area (Å²) in [6.45, 7) is 2.57. The molecule has 0 unspecified atom stereocenters. The van der Waals surface area contributed by atoms with Crippen LogP contribution in [0.5, 0.6) is 11.5 Å². The van der Waals surface area contributed by atoms with Crippen LogP contribution >= 0.6 is 15.9 Å². The first-order valence-electron chi connectivity index (χ1n) is 9.21. The Morgan fingerprint density at radius 2 is 1.84 bits per heavy atom. The Labute approximate surface area is 184 Å². The summed E-state index contributed by atoms with van der Waals surface area (Å²) in [4.78, 5) is 37.7. The van der Waals surface area contributed by atoms with Crippen molar-refractivity contribution in [3.63, 3.8) is 0 Å². The fraction of sp³-hybridized carbons (Fsp3) is 0.143. The molecule has 0 saturated heterocycles. The summed E-state index contributed by atoms with van der Waals surface area (Å²) in [6, 6.07) is 13.1. The van der Waals surface area contributed by atoms with Crippen LogP contribution in [0.4, 0.5) is 5.69 Å². The molecule has 10 heteroatoms. The van der Waals surface area contributed by atoms with E-state index >= 15 is 0 Å². The minimum Gasteiger partial charge on any atom is -0.490 e. The number of hydrogen-bond donors (Lipinski definition) is 2. The zero-order valence-corrected chi connectivity index (χ0v) is 18.0. The molecule has 9 nitrogen and oxygen atoms in total. The normalized spacial score (nSPS) is 10.9. The summed E-state index contributed by atoms with van der Waals surface area (Å²) in [5, 5.41) is 11.2. The van der Waals surface area contributed by atoms with Gasteiger partial charge in [-0.2, -0.15) is 0 Å². The SMILES string of the molecule is CCOc1cc(/C=C\c2[nH]c(=O)[nH]c(=O)c2[N+](=O)[O-])cc(Br)c1OCc1ccccc1. The maximum atomic E-state index is 11.7. The molecule has 0 saturated carbocycles. The van der Waals surface area contributed by atoms with Crippen LogP contribution in [0.15, 0.2) is 56.5 Å². The molecular weight excluding hydrogens is 470 g/mol. The van der Waals surface area contributed by atoms with Crippen LogP contribution in [0.1, 0.15) is 23.7 Å². The number of H-pyrrole nitrogens is 2. The molecule has 0 aliphatic heterocycles. The number of nitrogens with zero attached hydrogens (tertiary/aromatic N) is 1. The van der Waals surface area contributed by atoms with Crippen molar-refractivity contribution in [1.29, 1.82) is 0 Å². The first-order valence-corrected chi connectivity index (χ1v) is 10.0. The van der Waals surface area contributed by atoms with Gasteiger partial charge in [-0.3, -0.25) is 19.9 Å². The van der Waals surface area contributed by atoms with Crippen molar-refractivity contribution in [2.24, 2.45) is 0 Å². The fourth-order valence-electron chi connectivity index (χ4n) is 2.80. The van der Waals surface area contributed by atoms with Crippen LogP contribution in [-0.2, 0) is 6.61 Å². The van der Waals surface area contributed by atoms with Crippen molar-refractivity contribution in [1.82, 2.24) is 9.97 Å². The van der Waals surface area contributed by atoms with E-state index in [2.05, 4.69) is 20.9 Å². The van der Waals surface area contributed by atoms with Crippen LogP contribution in [0.2, 0.25) is 0 Å². The third kappa shape index (κ3) is 5.48. The Hall–Kier alpha value is -3.66. The largest absolute Gasteiger partial charge is 0.490 e. The van der Waals surface area contributed by atoms with Gasteiger partial charge in [0.25, 0.3) is 0 Å². The average molecular weight is 488 g/mol. The van der Waals surface area contributed by atoms with Crippen LogP contribution < -0.4 is 20.7 Å². The molecule has 0 amide bonds. The Bertz CT molecular complexity index is 1230. The molecule has 160 valence electrons. The van der Waals surface area contributed by atoms with E-state index in [0.29, 0.717) is 34.7 Å². The maximum absolute atomic E-state index is 11.7. The van der Waals surface area contributed by atoms with Gasteiger partial charge in [-0.05, 0) is 52.2 Å². The Balaban J connectivity index is 1.94. The van der Waals surface area contributed by atoms with Gasteiger partial charge in [0.15, 0.2) is 11.5 Å². The van der Waals surface area contributed by atoms with E-state index in [-0.39, 0.29) is 5.69 Å². The van der Waals surface area contributed by atoms with Gasteiger partial charge in [0.05, 0.1) is 16.0 Å². The predicted molar refractivity (Wildman–Crippen MR) is 119 cm³/mol. The van der Waals surface area contributed by atoms with Gasteiger partial charge >= 0.3 is 16.9 Å². The van der Waals surface area contributed by atoms with Crippen molar-refractivity contribution in [2.75, 3.05) is 6.61 Å². The van der Waals surface area contributed by atoms with Crippen LogP contribution in [0.3, 0.4) is 0 Å². The minimum atomic E-state index is -1.07. The molecule has 3 aromatic rings. The van der Waals surface area contributed by atoms with E-state index in [1.807, 2.05) is 42.2 Å². The highest BCUT2D eigenvalue weighted by atomic mass is 79.9. The molecule has 0 radical (unpaired) electrons. The van der Waals surface area contributed by atoms with E-state index in [4.69, 9.17) is 9.47 Å². The number of aromatic nitrogens is 2.